The molecule has 0 saturated heterocycles. The van der Waals surface area contributed by atoms with E-state index in [1.54, 1.807) is 31.3 Å². The fourth-order valence-electron chi connectivity index (χ4n) is 1.12. The van der Waals surface area contributed by atoms with Crippen LogP contribution in [0.3, 0.4) is 0 Å². The largest absolute Gasteiger partial charge is 0.288 e. The molecule has 1 aromatic carbocycles. The van der Waals surface area contributed by atoms with E-state index in [9.17, 15) is 9.59 Å². The Morgan fingerprint density at radius 3 is 1.86 bits per heavy atom. The average Bonchev–Trinajstić information content (AvgIpc) is 2.45. The third-order valence-corrected chi connectivity index (χ3v) is 1.64. The van der Waals surface area contributed by atoms with Crippen LogP contribution in [0.1, 0.15) is 20.7 Å². The number of hydrogen-bond acceptors (Lipinski definition) is 4. The Labute approximate surface area is 81.3 Å². The molecular formula is C9H11N3O2. The second-order valence-corrected chi connectivity index (χ2v) is 2.62. The van der Waals surface area contributed by atoms with Crippen molar-refractivity contribution in [2.75, 3.05) is 7.05 Å². The van der Waals surface area contributed by atoms with Crippen LogP contribution in [0.5, 0.6) is 0 Å². The third kappa shape index (κ3) is 1.95. The molecule has 2 rings (SSSR count). The molecule has 5 nitrogen and oxygen atoms in total. The van der Waals surface area contributed by atoms with Gasteiger partial charge in [0.2, 0.25) is 0 Å². The minimum atomic E-state index is -0.300. The van der Waals surface area contributed by atoms with Gasteiger partial charge in [0.25, 0.3) is 11.8 Å². The van der Waals surface area contributed by atoms with Crippen LogP contribution in [0.25, 0.3) is 0 Å². The number of fused-ring (bicyclic) bond motifs is 1. The van der Waals surface area contributed by atoms with E-state index in [0.29, 0.717) is 11.1 Å². The quantitative estimate of drug-likeness (QED) is 0.299. The second kappa shape index (κ2) is 4.50. The predicted molar refractivity (Wildman–Crippen MR) is 51.5 cm³/mol. The molecule has 0 aromatic heterocycles. The average molecular weight is 193 g/mol. The first-order valence-electron chi connectivity index (χ1n) is 4.02. The van der Waals surface area contributed by atoms with Crippen LogP contribution in [0.4, 0.5) is 0 Å². The molecule has 14 heavy (non-hydrogen) atoms. The summed E-state index contributed by atoms with van der Waals surface area (Å²) in [5.74, 6) is 4.00. The summed E-state index contributed by atoms with van der Waals surface area (Å²) >= 11 is 0. The molecule has 0 fully saturated rings. The summed E-state index contributed by atoms with van der Waals surface area (Å²) in [6.07, 6.45) is 0. The lowest BCUT2D eigenvalue weighted by Crippen LogP contribution is -2.19. The van der Waals surface area contributed by atoms with Crippen molar-refractivity contribution < 1.29 is 9.59 Å². The maximum absolute atomic E-state index is 10.9. The number of imide groups is 1. The Balaban J connectivity index is 0.000000293. The maximum atomic E-state index is 10.9. The van der Waals surface area contributed by atoms with Gasteiger partial charge in [-0.05, 0) is 19.2 Å². The topological polar surface area (TPSA) is 84.2 Å². The molecule has 0 saturated carbocycles. The summed E-state index contributed by atoms with van der Waals surface area (Å²) < 4.78 is 0. The van der Waals surface area contributed by atoms with Gasteiger partial charge in [0.05, 0.1) is 11.1 Å². The summed E-state index contributed by atoms with van der Waals surface area (Å²) in [7, 11) is 1.65. The van der Waals surface area contributed by atoms with Crippen molar-refractivity contribution in [3.63, 3.8) is 0 Å². The van der Waals surface area contributed by atoms with Crippen LogP contribution < -0.4 is 16.6 Å². The third-order valence-electron chi connectivity index (χ3n) is 1.64. The van der Waals surface area contributed by atoms with Gasteiger partial charge in [-0.25, -0.2) is 0 Å². The number of nitrogens with two attached hydrogens (primary N) is 1. The molecule has 4 N–H and O–H groups in total. The van der Waals surface area contributed by atoms with Crippen LogP contribution in [0, 0.1) is 0 Å². The van der Waals surface area contributed by atoms with E-state index < -0.39 is 0 Å². The Morgan fingerprint density at radius 1 is 1.14 bits per heavy atom. The zero-order valence-electron chi connectivity index (χ0n) is 7.70. The molecule has 0 atom stereocenters. The van der Waals surface area contributed by atoms with Gasteiger partial charge < -0.3 is 0 Å². The lowest BCUT2D eigenvalue weighted by molar-refractivity contribution is 0.0879. The second-order valence-electron chi connectivity index (χ2n) is 2.62. The first-order valence-corrected chi connectivity index (χ1v) is 4.02. The molecule has 2 amide bonds. The maximum Gasteiger partial charge on any atom is 0.258 e. The van der Waals surface area contributed by atoms with E-state index in [0.717, 1.165) is 0 Å². The summed E-state index contributed by atoms with van der Waals surface area (Å²) in [6, 6.07) is 6.74. The van der Waals surface area contributed by atoms with Crippen molar-refractivity contribution in [2.24, 2.45) is 5.84 Å². The minimum Gasteiger partial charge on any atom is -0.288 e. The van der Waals surface area contributed by atoms with Crippen molar-refractivity contribution >= 4 is 11.8 Å². The van der Waals surface area contributed by atoms with Gasteiger partial charge in [0, 0.05) is 0 Å². The summed E-state index contributed by atoms with van der Waals surface area (Å²) in [6.45, 7) is 0. The van der Waals surface area contributed by atoms with Gasteiger partial charge in [-0.2, -0.15) is 0 Å². The van der Waals surface area contributed by atoms with E-state index in [4.69, 9.17) is 0 Å². The van der Waals surface area contributed by atoms with Gasteiger partial charge in [0.15, 0.2) is 0 Å². The van der Waals surface area contributed by atoms with Crippen molar-refractivity contribution in [3.8, 4) is 0 Å². The van der Waals surface area contributed by atoms with Crippen LogP contribution in [0.2, 0.25) is 0 Å². The normalized spacial score (nSPS) is 12.7. The molecule has 0 bridgehead atoms. The highest BCUT2D eigenvalue weighted by molar-refractivity contribution is 6.21. The van der Waals surface area contributed by atoms with E-state index in [1.807, 2.05) is 0 Å². The molecule has 1 heterocycles. The molecule has 0 radical (unpaired) electrons. The standard InChI is InChI=1S/C8H5NO2.CH6N2/c10-7-5-3-1-2-4-6(5)8(11)9-7;1-3-2/h1-4H,(H,9,10,11);3H,2H2,1H3. The number of carbonyl (C=O) groups is 2. The molecule has 0 unspecified atom stereocenters. The summed E-state index contributed by atoms with van der Waals surface area (Å²) in [5, 5.41) is 2.20. The number of hydrogen-bond donors (Lipinski definition) is 3. The SMILES string of the molecule is CNN.O=C1NC(=O)c2ccccc21. The van der Waals surface area contributed by atoms with Gasteiger partial charge in [-0.1, -0.05) is 12.1 Å². The van der Waals surface area contributed by atoms with Gasteiger partial charge in [-0.3, -0.25) is 26.2 Å². The van der Waals surface area contributed by atoms with Crippen molar-refractivity contribution in [1.29, 1.82) is 0 Å². The first-order chi connectivity index (χ1) is 6.70. The Kier molecular flexibility index (Phi) is 3.33. The number of amides is 2. The molecule has 74 valence electrons. The highest BCUT2D eigenvalue weighted by atomic mass is 16.2. The molecule has 1 aliphatic rings. The van der Waals surface area contributed by atoms with Crippen LogP contribution in [-0.4, -0.2) is 18.9 Å². The van der Waals surface area contributed by atoms with E-state index in [1.165, 1.54) is 0 Å². The Bertz CT molecular complexity index is 330. The fraction of sp³-hybridized carbons (Fsp3) is 0.111. The number of rotatable bonds is 0. The molecule has 1 aliphatic heterocycles. The number of nitrogens with one attached hydrogen (secondary N) is 2. The molecule has 5 heteroatoms. The number of carbonyl (C=O) groups excluding carboxylic acids is 2. The Hall–Kier alpha value is -1.72. The van der Waals surface area contributed by atoms with Crippen molar-refractivity contribution in [1.82, 2.24) is 10.7 Å². The van der Waals surface area contributed by atoms with E-state index >= 15 is 0 Å². The van der Waals surface area contributed by atoms with Gasteiger partial charge >= 0.3 is 0 Å². The molecule has 0 aliphatic carbocycles. The molecular weight excluding hydrogens is 182 g/mol. The van der Waals surface area contributed by atoms with Crippen molar-refractivity contribution in [3.05, 3.63) is 35.4 Å². The molecule has 0 spiro atoms. The lowest BCUT2D eigenvalue weighted by atomic mass is 10.1. The zero-order chi connectivity index (χ0) is 10.6. The monoisotopic (exact) mass is 193 g/mol. The number of hydrazine groups is 1. The fourth-order valence-corrected chi connectivity index (χ4v) is 1.12. The highest BCUT2D eigenvalue weighted by Gasteiger charge is 2.25. The number of benzene rings is 1. The smallest absolute Gasteiger partial charge is 0.258 e. The van der Waals surface area contributed by atoms with Gasteiger partial charge in [0.1, 0.15) is 0 Å². The zero-order valence-corrected chi connectivity index (χ0v) is 7.70. The highest BCUT2D eigenvalue weighted by Crippen LogP contribution is 2.13. The molecule has 1 aromatic rings. The van der Waals surface area contributed by atoms with E-state index in [2.05, 4.69) is 16.6 Å². The van der Waals surface area contributed by atoms with Crippen LogP contribution >= 0.6 is 0 Å². The van der Waals surface area contributed by atoms with Crippen LogP contribution in [0.15, 0.2) is 24.3 Å². The lowest BCUT2D eigenvalue weighted by Gasteiger charge is -1.88. The first kappa shape index (κ1) is 10.4. The van der Waals surface area contributed by atoms with Crippen LogP contribution in [-0.2, 0) is 0 Å². The van der Waals surface area contributed by atoms with E-state index in [-0.39, 0.29) is 11.8 Å². The summed E-state index contributed by atoms with van der Waals surface area (Å²) in [5.41, 5.74) is 3.19. The van der Waals surface area contributed by atoms with Crippen molar-refractivity contribution in [2.45, 2.75) is 0 Å². The summed E-state index contributed by atoms with van der Waals surface area (Å²) in [4.78, 5) is 21.9. The minimum absolute atomic E-state index is 0.300. The van der Waals surface area contributed by atoms with Gasteiger partial charge in [-0.15, -0.1) is 0 Å². The predicted octanol–water partition coefficient (Wildman–Crippen LogP) is -0.350. The Morgan fingerprint density at radius 2 is 1.50 bits per heavy atom.